The van der Waals surface area contributed by atoms with E-state index < -0.39 is 0 Å². The third-order valence-corrected chi connectivity index (χ3v) is 4.52. The Labute approximate surface area is 110 Å². The monoisotopic (exact) mass is 247 g/mol. The van der Waals surface area contributed by atoms with Crippen LogP contribution in [0.15, 0.2) is 24.4 Å². The van der Waals surface area contributed by atoms with E-state index in [0.29, 0.717) is 0 Å². The summed E-state index contributed by atoms with van der Waals surface area (Å²) in [6.07, 6.45) is 6.89. The first-order chi connectivity index (χ1) is 8.66. The number of nitrogens with zero attached hydrogens (tertiary/aromatic N) is 2. The van der Waals surface area contributed by atoms with Crippen molar-refractivity contribution in [3.8, 4) is 0 Å². The zero-order chi connectivity index (χ0) is 13.0. The summed E-state index contributed by atoms with van der Waals surface area (Å²) < 4.78 is 0. The molecule has 0 atom stereocenters. The van der Waals surface area contributed by atoms with Crippen molar-refractivity contribution in [1.29, 1.82) is 0 Å². The molecule has 1 fully saturated rings. The topological polar surface area (TPSA) is 42.1 Å². The second kappa shape index (κ2) is 5.81. The number of aromatic nitrogens is 1. The number of hydrogen-bond acceptors (Lipinski definition) is 3. The van der Waals surface area contributed by atoms with Crippen LogP contribution in [-0.2, 0) is 6.54 Å². The molecular formula is C15H25N3. The van der Waals surface area contributed by atoms with Crippen molar-refractivity contribution in [2.75, 3.05) is 13.6 Å². The van der Waals surface area contributed by atoms with E-state index in [0.717, 1.165) is 24.7 Å². The van der Waals surface area contributed by atoms with Gasteiger partial charge in [0.2, 0.25) is 0 Å². The molecule has 0 aromatic carbocycles. The minimum absolute atomic E-state index is 0.185. The highest BCUT2D eigenvalue weighted by atomic mass is 15.2. The van der Waals surface area contributed by atoms with Gasteiger partial charge >= 0.3 is 0 Å². The Morgan fingerprint density at radius 2 is 2.11 bits per heavy atom. The van der Waals surface area contributed by atoms with Crippen LogP contribution in [-0.4, -0.2) is 29.0 Å². The molecule has 1 aliphatic carbocycles. The van der Waals surface area contributed by atoms with Gasteiger partial charge in [-0.2, -0.15) is 0 Å². The van der Waals surface area contributed by atoms with Gasteiger partial charge in [0.05, 0.1) is 5.69 Å². The van der Waals surface area contributed by atoms with E-state index in [1.54, 1.807) is 0 Å². The lowest BCUT2D eigenvalue weighted by Gasteiger charge is -2.45. The Hall–Kier alpha value is -0.930. The van der Waals surface area contributed by atoms with Gasteiger partial charge in [-0.05, 0) is 50.8 Å². The molecule has 1 saturated carbocycles. The van der Waals surface area contributed by atoms with Crippen molar-refractivity contribution in [3.63, 3.8) is 0 Å². The summed E-state index contributed by atoms with van der Waals surface area (Å²) >= 11 is 0. The highest BCUT2D eigenvalue weighted by molar-refractivity contribution is 5.05. The van der Waals surface area contributed by atoms with E-state index in [-0.39, 0.29) is 5.54 Å². The maximum Gasteiger partial charge on any atom is 0.0544 e. The molecule has 1 aromatic rings. The van der Waals surface area contributed by atoms with Crippen molar-refractivity contribution in [2.24, 2.45) is 11.7 Å². The second-order valence-corrected chi connectivity index (χ2v) is 5.79. The SMILES string of the molecule is CC1CCC(CN)(N(C)Cc2ccccn2)CC1. The smallest absolute Gasteiger partial charge is 0.0544 e. The van der Waals surface area contributed by atoms with Gasteiger partial charge in [0.15, 0.2) is 0 Å². The van der Waals surface area contributed by atoms with E-state index in [1.807, 2.05) is 18.3 Å². The lowest BCUT2D eigenvalue weighted by Crippen LogP contribution is -2.53. The minimum Gasteiger partial charge on any atom is -0.329 e. The molecule has 0 unspecified atom stereocenters. The first kappa shape index (κ1) is 13.5. The quantitative estimate of drug-likeness (QED) is 0.888. The first-order valence-corrected chi connectivity index (χ1v) is 6.97. The van der Waals surface area contributed by atoms with Crippen molar-refractivity contribution in [1.82, 2.24) is 9.88 Å². The summed E-state index contributed by atoms with van der Waals surface area (Å²) in [5.74, 6) is 0.855. The molecule has 0 aliphatic heterocycles. The van der Waals surface area contributed by atoms with Crippen LogP contribution in [0, 0.1) is 5.92 Å². The largest absolute Gasteiger partial charge is 0.329 e. The molecule has 2 N–H and O–H groups in total. The maximum absolute atomic E-state index is 6.08. The summed E-state index contributed by atoms with van der Waals surface area (Å²) in [5, 5.41) is 0. The van der Waals surface area contributed by atoms with Gasteiger partial charge in [0.1, 0.15) is 0 Å². The van der Waals surface area contributed by atoms with Crippen LogP contribution in [0.3, 0.4) is 0 Å². The predicted octanol–water partition coefficient (Wildman–Crippen LogP) is 2.42. The van der Waals surface area contributed by atoms with Gasteiger partial charge in [0.25, 0.3) is 0 Å². The lowest BCUT2D eigenvalue weighted by molar-refractivity contribution is 0.0606. The predicted molar refractivity (Wildman–Crippen MR) is 75.1 cm³/mol. The molecule has 1 aromatic heterocycles. The van der Waals surface area contributed by atoms with Crippen molar-refractivity contribution in [3.05, 3.63) is 30.1 Å². The molecule has 0 spiro atoms. The third kappa shape index (κ3) is 2.90. The number of likely N-dealkylation sites (N-methyl/N-ethyl adjacent to an activating group) is 1. The van der Waals surface area contributed by atoms with E-state index in [9.17, 15) is 0 Å². The second-order valence-electron chi connectivity index (χ2n) is 5.79. The van der Waals surface area contributed by atoms with Crippen LogP contribution in [0.4, 0.5) is 0 Å². The van der Waals surface area contributed by atoms with Gasteiger partial charge in [-0.1, -0.05) is 13.0 Å². The number of rotatable bonds is 4. The van der Waals surface area contributed by atoms with Crippen LogP contribution in [0.2, 0.25) is 0 Å². The van der Waals surface area contributed by atoms with Crippen LogP contribution in [0.1, 0.15) is 38.3 Å². The molecule has 0 bridgehead atoms. The number of pyridine rings is 1. The van der Waals surface area contributed by atoms with E-state index in [4.69, 9.17) is 5.73 Å². The van der Waals surface area contributed by atoms with Crippen molar-refractivity contribution < 1.29 is 0 Å². The lowest BCUT2D eigenvalue weighted by atomic mass is 9.76. The molecule has 3 heteroatoms. The maximum atomic E-state index is 6.08. The Morgan fingerprint density at radius 1 is 1.39 bits per heavy atom. The molecule has 0 amide bonds. The average Bonchev–Trinajstić information content (AvgIpc) is 2.41. The molecule has 0 radical (unpaired) electrons. The Kier molecular flexibility index (Phi) is 4.36. The van der Waals surface area contributed by atoms with E-state index in [2.05, 4.69) is 29.9 Å². The zero-order valence-corrected chi connectivity index (χ0v) is 11.6. The molecule has 1 heterocycles. The highest BCUT2D eigenvalue weighted by Gasteiger charge is 2.36. The summed E-state index contributed by atoms with van der Waals surface area (Å²) in [4.78, 5) is 6.83. The molecular weight excluding hydrogens is 222 g/mol. The summed E-state index contributed by atoms with van der Waals surface area (Å²) in [6, 6.07) is 6.10. The van der Waals surface area contributed by atoms with Gasteiger partial charge in [0, 0.05) is 24.8 Å². The molecule has 0 saturated heterocycles. The fourth-order valence-corrected chi connectivity index (χ4v) is 2.94. The average molecular weight is 247 g/mol. The minimum atomic E-state index is 0.185. The van der Waals surface area contributed by atoms with Gasteiger partial charge in [-0.3, -0.25) is 9.88 Å². The van der Waals surface area contributed by atoms with Crippen LogP contribution in [0.25, 0.3) is 0 Å². The van der Waals surface area contributed by atoms with Crippen molar-refractivity contribution in [2.45, 2.75) is 44.7 Å². The van der Waals surface area contributed by atoms with Gasteiger partial charge in [-0.15, -0.1) is 0 Å². The summed E-state index contributed by atoms with van der Waals surface area (Å²) in [5.41, 5.74) is 7.39. The number of hydrogen-bond donors (Lipinski definition) is 1. The molecule has 100 valence electrons. The highest BCUT2D eigenvalue weighted by Crippen LogP contribution is 2.35. The Morgan fingerprint density at radius 3 is 2.67 bits per heavy atom. The fourth-order valence-electron chi connectivity index (χ4n) is 2.94. The van der Waals surface area contributed by atoms with Crippen LogP contribution < -0.4 is 5.73 Å². The van der Waals surface area contributed by atoms with Gasteiger partial charge < -0.3 is 5.73 Å². The Bertz CT molecular complexity index is 355. The molecule has 2 rings (SSSR count). The van der Waals surface area contributed by atoms with E-state index >= 15 is 0 Å². The number of nitrogens with two attached hydrogens (primary N) is 1. The van der Waals surface area contributed by atoms with Gasteiger partial charge in [-0.25, -0.2) is 0 Å². The third-order valence-electron chi connectivity index (χ3n) is 4.52. The normalized spacial score (nSPS) is 28.6. The van der Waals surface area contributed by atoms with Crippen LogP contribution >= 0.6 is 0 Å². The summed E-state index contributed by atoms with van der Waals surface area (Å²) in [6.45, 7) is 3.99. The Balaban J connectivity index is 2.03. The fraction of sp³-hybridized carbons (Fsp3) is 0.667. The first-order valence-electron chi connectivity index (χ1n) is 6.97. The molecule has 1 aliphatic rings. The van der Waals surface area contributed by atoms with E-state index in [1.165, 1.54) is 25.7 Å². The molecule has 18 heavy (non-hydrogen) atoms. The molecule has 3 nitrogen and oxygen atoms in total. The van der Waals surface area contributed by atoms with Crippen LogP contribution in [0.5, 0.6) is 0 Å². The zero-order valence-electron chi connectivity index (χ0n) is 11.6. The summed E-state index contributed by atoms with van der Waals surface area (Å²) in [7, 11) is 2.19. The standard InChI is InChI=1S/C15H25N3/c1-13-6-8-15(12-16,9-7-13)18(2)11-14-5-3-4-10-17-14/h3-5,10,13H,6-9,11-12,16H2,1-2H3. The van der Waals surface area contributed by atoms with Crippen molar-refractivity contribution >= 4 is 0 Å².